The van der Waals surface area contributed by atoms with Gasteiger partial charge < -0.3 is 19.7 Å². The van der Waals surface area contributed by atoms with Crippen LogP contribution >= 0.6 is 0 Å². The van der Waals surface area contributed by atoms with Crippen LogP contribution in [0.1, 0.15) is 12.0 Å². The monoisotopic (exact) mass is 409 g/mol. The predicted octanol–water partition coefficient (Wildman–Crippen LogP) is 2.57. The smallest absolute Gasteiger partial charge is 0.226 e. The number of benzene rings is 2. The fraction of sp³-hybridized carbons (Fsp3) is 0.458. The molecule has 0 radical (unpaired) electrons. The molecule has 2 aromatic carbocycles. The molecule has 6 nitrogen and oxygen atoms in total. The van der Waals surface area contributed by atoms with Gasteiger partial charge in [-0.2, -0.15) is 0 Å². The third kappa shape index (κ3) is 5.05. The van der Waals surface area contributed by atoms with Gasteiger partial charge in [0.1, 0.15) is 18.1 Å². The Morgan fingerprint density at radius 2 is 1.87 bits per heavy atom. The summed E-state index contributed by atoms with van der Waals surface area (Å²) in [6, 6.07) is 16.3. The second-order valence-corrected chi connectivity index (χ2v) is 7.99. The zero-order valence-corrected chi connectivity index (χ0v) is 17.7. The normalized spacial score (nSPS) is 19.0. The first-order valence-electron chi connectivity index (χ1n) is 10.8. The van der Waals surface area contributed by atoms with Crippen LogP contribution in [0.25, 0.3) is 0 Å². The highest BCUT2D eigenvalue weighted by atomic mass is 16.5. The van der Waals surface area contributed by atoms with Crippen molar-refractivity contribution in [3.05, 3.63) is 54.1 Å². The average molecular weight is 410 g/mol. The summed E-state index contributed by atoms with van der Waals surface area (Å²) in [6.45, 7) is 6.35. The zero-order chi connectivity index (χ0) is 20.8. The van der Waals surface area contributed by atoms with E-state index in [1.54, 1.807) is 7.11 Å². The lowest BCUT2D eigenvalue weighted by Gasteiger charge is -2.36. The molecule has 0 bridgehead atoms. The number of para-hydroxylation sites is 1. The molecule has 2 heterocycles. The van der Waals surface area contributed by atoms with E-state index in [2.05, 4.69) is 27.2 Å². The van der Waals surface area contributed by atoms with Gasteiger partial charge >= 0.3 is 0 Å². The standard InChI is InChI=1S/C24H31N3O3/c1-29-22-9-7-21(8-10-22)27-15-13-26(14-16-27)12-4-11-25-24(28)20-17-19-5-2-3-6-23(19)30-18-20/h2-3,5-10,20H,4,11-18H2,1H3,(H,25,28)/t20-/m0/s1. The molecule has 0 unspecified atom stereocenters. The van der Waals surface area contributed by atoms with E-state index >= 15 is 0 Å². The third-order valence-electron chi connectivity index (χ3n) is 6.01. The fourth-order valence-corrected chi connectivity index (χ4v) is 4.18. The molecular weight excluding hydrogens is 378 g/mol. The Kier molecular flexibility index (Phi) is 6.74. The van der Waals surface area contributed by atoms with E-state index in [4.69, 9.17) is 9.47 Å². The number of carbonyl (C=O) groups excluding carboxylic acids is 1. The number of rotatable bonds is 7. The van der Waals surface area contributed by atoms with Crippen LogP contribution in [-0.4, -0.2) is 63.8 Å². The number of piperazine rings is 1. The van der Waals surface area contributed by atoms with Gasteiger partial charge in [-0.1, -0.05) is 18.2 Å². The summed E-state index contributed by atoms with van der Waals surface area (Å²) in [7, 11) is 1.69. The van der Waals surface area contributed by atoms with Crippen LogP contribution in [-0.2, 0) is 11.2 Å². The largest absolute Gasteiger partial charge is 0.497 e. The molecular formula is C24H31N3O3. The zero-order valence-electron chi connectivity index (χ0n) is 17.7. The average Bonchev–Trinajstić information content (AvgIpc) is 2.82. The minimum Gasteiger partial charge on any atom is -0.497 e. The Morgan fingerprint density at radius 1 is 1.10 bits per heavy atom. The highest BCUT2D eigenvalue weighted by Gasteiger charge is 2.25. The van der Waals surface area contributed by atoms with Crippen LogP contribution in [0.4, 0.5) is 5.69 Å². The van der Waals surface area contributed by atoms with Crippen molar-refractivity contribution in [2.24, 2.45) is 5.92 Å². The van der Waals surface area contributed by atoms with E-state index in [0.717, 1.165) is 69.2 Å². The molecule has 1 amide bonds. The molecule has 0 aromatic heterocycles. The summed E-state index contributed by atoms with van der Waals surface area (Å²) < 4.78 is 11.0. The lowest BCUT2D eigenvalue weighted by atomic mass is 9.96. The number of carbonyl (C=O) groups is 1. The number of fused-ring (bicyclic) bond motifs is 1. The molecule has 0 aliphatic carbocycles. The molecule has 1 fully saturated rings. The van der Waals surface area contributed by atoms with Crippen LogP contribution in [0, 0.1) is 5.92 Å². The first-order valence-corrected chi connectivity index (χ1v) is 10.8. The number of nitrogens with zero attached hydrogens (tertiary/aromatic N) is 2. The summed E-state index contributed by atoms with van der Waals surface area (Å²) in [4.78, 5) is 17.4. The number of nitrogens with one attached hydrogen (secondary N) is 1. The second-order valence-electron chi connectivity index (χ2n) is 7.99. The first-order chi connectivity index (χ1) is 14.7. The van der Waals surface area contributed by atoms with Gasteiger partial charge in [-0.15, -0.1) is 0 Å². The maximum Gasteiger partial charge on any atom is 0.226 e. The van der Waals surface area contributed by atoms with Crippen LogP contribution in [0.3, 0.4) is 0 Å². The summed E-state index contributed by atoms with van der Waals surface area (Å²) in [6.07, 6.45) is 1.73. The molecule has 1 N–H and O–H groups in total. The van der Waals surface area contributed by atoms with Crippen molar-refractivity contribution in [2.45, 2.75) is 12.8 Å². The molecule has 4 rings (SSSR count). The molecule has 160 valence electrons. The lowest BCUT2D eigenvalue weighted by Crippen LogP contribution is -2.47. The van der Waals surface area contributed by atoms with Gasteiger partial charge in [-0.3, -0.25) is 9.69 Å². The van der Waals surface area contributed by atoms with Gasteiger partial charge in [0.2, 0.25) is 5.91 Å². The quantitative estimate of drug-likeness (QED) is 0.713. The summed E-state index contributed by atoms with van der Waals surface area (Å²) in [5, 5.41) is 3.10. The molecule has 2 aromatic rings. The van der Waals surface area contributed by atoms with Crippen molar-refractivity contribution >= 4 is 11.6 Å². The molecule has 0 saturated carbocycles. The van der Waals surface area contributed by atoms with Gasteiger partial charge in [0.05, 0.1) is 13.0 Å². The van der Waals surface area contributed by atoms with Crippen molar-refractivity contribution in [1.82, 2.24) is 10.2 Å². The molecule has 1 atom stereocenters. The third-order valence-corrected chi connectivity index (χ3v) is 6.01. The van der Waals surface area contributed by atoms with Crippen molar-refractivity contribution in [3.63, 3.8) is 0 Å². The molecule has 0 spiro atoms. The fourth-order valence-electron chi connectivity index (χ4n) is 4.18. The number of hydrogen-bond acceptors (Lipinski definition) is 5. The highest BCUT2D eigenvalue weighted by Crippen LogP contribution is 2.26. The van der Waals surface area contributed by atoms with Gasteiger partial charge in [-0.25, -0.2) is 0 Å². The maximum absolute atomic E-state index is 12.5. The van der Waals surface area contributed by atoms with E-state index in [-0.39, 0.29) is 11.8 Å². The Morgan fingerprint density at radius 3 is 2.63 bits per heavy atom. The van der Waals surface area contributed by atoms with Crippen LogP contribution in [0.15, 0.2) is 48.5 Å². The van der Waals surface area contributed by atoms with Crippen molar-refractivity contribution in [2.75, 3.05) is 57.9 Å². The van der Waals surface area contributed by atoms with E-state index in [0.29, 0.717) is 6.61 Å². The summed E-state index contributed by atoms with van der Waals surface area (Å²) >= 11 is 0. The topological polar surface area (TPSA) is 54.0 Å². The van der Waals surface area contributed by atoms with Crippen molar-refractivity contribution in [1.29, 1.82) is 0 Å². The molecule has 1 saturated heterocycles. The summed E-state index contributed by atoms with van der Waals surface area (Å²) in [5.74, 6) is 1.82. The number of ether oxygens (including phenoxy) is 2. The van der Waals surface area contributed by atoms with Gasteiger partial charge in [0, 0.05) is 38.4 Å². The van der Waals surface area contributed by atoms with Crippen molar-refractivity contribution < 1.29 is 14.3 Å². The molecule has 6 heteroatoms. The molecule has 2 aliphatic heterocycles. The Hall–Kier alpha value is -2.73. The number of methoxy groups -OCH3 is 1. The number of hydrogen-bond donors (Lipinski definition) is 1. The maximum atomic E-state index is 12.5. The first kappa shape index (κ1) is 20.5. The second kappa shape index (κ2) is 9.85. The van der Waals surface area contributed by atoms with Gasteiger partial charge in [-0.05, 0) is 55.3 Å². The van der Waals surface area contributed by atoms with E-state index in [9.17, 15) is 4.79 Å². The SMILES string of the molecule is COc1ccc(N2CCN(CCCNC(=O)[C@@H]3COc4ccccc4C3)CC2)cc1. The van der Waals surface area contributed by atoms with E-state index < -0.39 is 0 Å². The Bertz CT molecular complexity index is 832. The van der Waals surface area contributed by atoms with Crippen molar-refractivity contribution in [3.8, 4) is 11.5 Å². The van der Waals surface area contributed by atoms with E-state index in [1.807, 2.05) is 36.4 Å². The van der Waals surface area contributed by atoms with Gasteiger partial charge in [0.15, 0.2) is 0 Å². The lowest BCUT2D eigenvalue weighted by molar-refractivity contribution is -0.126. The molecule has 30 heavy (non-hydrogen) atoms. The highest BCUT2D eigenvalue weighted by molar-refractivity contribution is 5.79. The van der Waals surface area contributed by atoms with E-state index in [1.165, 1.54) is 5.69 Å². The van der Waals surface area contributed by atoms with Crippen LogP contribution < -0.4 is 19.7 Å². The summed E-state index contributed by atoms with van der Waals surface area (Å²) in [5.41, 5.74) is 2.37. The molecule has 2 aliphatic rings. The van der Waals surface area contributed by atoms with Crippen LogP contribution in [0.2, 0.25) is 0 Å². The minimum atomic E-state index is -0.0899. The number of anilines is 1. The predicted molar refractivity (Wildman–Crippen MR) is 118 cm³/mol. The number of amides is 1. The Labute approximate surface area is 178 Å². The minimum absolute atomic E-state index is 0.0899. The Balaban J connectivity index is 1.13. The van der Waals surface area contributed by atoms with Crippen LogP contribution in [0.5, 0.6) is 11.5 Å². The van der Waals surface area contributed by atoms with Gasteiger partial charge in [0.25, 0.3) is 0 Å².